The molecule has 1 N–H and O–H groups in total. The van der Waals surface area contributed by atoms with Crippen LogP contribution >= 0.6 is 0 Å². The van der Waals surface area contributed by atoms with E-state index in [1.54, 1.807) is 13.1 Å². The van der Waals surface area contributed by atoms with Gasteiger partial charge in [-0.05, 0) is 25.5 Å². The zero-order chi connectivity index (χ0) is 13.8. The van der Waals surface area contributed by atoms with Crippen molar-refractivity contribution in [2.75, 3.05) is 25.5 Å². The minimum Gasteiger partial charge on any atom is -0.375 e. The van der Waals surface area contributed by atoms with Crippen LogP contribution in [0.3, 0.4) is 0 Å². The number of hydrogen-bond acceptors (Lipinski definition) is 4. The van der Waals surface area contributed by atoms with Crippen molar-refractivity contribution in [3.05, 3.63) is 23.9 Å². The van der Waals surface area contributed by atoms with Crippen LogP contribution in [0, 0.1) is 0 Å². The molecule has 2 heterocycles. The smallest absolute Gasteiger partial charge is 0.272 e. The van der Waals surface area contributed by atoms with Crippen LogP contribution in [0.4, 0.5) is 5.82 Å². The third-order valence-corrected chi connectivity index (χ3v) is 3.42. The fourth-order valence-corrected chi connectivity index (χ4v) is 2.27. The lowest BCUT2D eigenvalue weighted by Crippen LogP contribution is -2.51. The molecule has 1 fully saturated rings. The lowest BCUT2D eigenvalue weighted by molar-refractivity contribution is -0.0445. The Morgan fingerprint density at radius 3 is 3.05 bits per heavy atom. The topological polar surface area (TPSA) is 54.5 Å². The SMILES string of the molecule is CCC1COC(C)CN1C(=O)c1cccc(NC)n1. The van der Waals surface area contributed by atoms with E-state index in [2.05, 4.69) is 17.2 Å². The van der Waals surface area contributed by atoms with E-state index in [4.69, 9.17) is 4.74 Å². The van der Waals surface area contributed by atoms with Gasteiger partial charge in [0.15, 0.2) is 0 Å². The van der Waals surface area contributed by atoms with Gasteiger partial charge in [-0.3, -0.25) is 4.79 Å². The normalized spacial score (nSPS) is 23.2. The number of ether oxygens (including phenoxy) is 1. The third-order valence-electron chi connectivity index (χ3n) is 3.42. The molecule has 1 amide bonds. The molecule has 1 aliphatic rings. The fraction of sp³-hybridized carbons (Fsp3) is 0.571. The first-order chi connectivity index (χ1) is 9.15. The molecule has 19 heavy (non-hydrogen) atoms. The van der Waals surface area contributed by atoms with Crippen LogP contribution in [0.1, 0.15) is 30.8 Å². The van der Waals surface area contributed by atoms with E-state index in [9.17, 15) is 4.79 Å². The summed E-state index contributed by atoms with van der Waals surface area (Å²) in [4.78, 5) is 18.8. The number of aromatic nitrogens is 1. The van der Waals surface area contributed by atoms with E-state index in [0.29, 0.717) is 24.7 Å². The number of pyridine rings is 1. The van der Waals surface area contributed by atoms with Crippen LogP contribution in [0.5, 0.6) is 0 Å². The molecule has 2 rings (SSSR count). The molecule has 0 saturated carbocycles. The fourth-order valence-electron chi connectivity index (χ4n) is 2.27. The molecule has 0 aliphatic carbocycles. The number of amides is 1. The molecule has 1 aromatic rings. The number of anilines is 1. The van der Waals surface area contributed by atoms with Crippen molar-refractivity contribution < 1.29 is 9.53 Å². The summed E-state index contributed by atoms with van der Waals surface area (Å²) in [5, 5.41) is 2.95. The van der Waals surface area contributed by atoms with Crippen molar-refractivity contribution >= 4 is 11.7 Å². The van der Waals surface area contributed by atoms with Gasteiger partial charge in [0.25, 0.3) is 5.91 Å². The Kier molecular flexibility index (Phi) is 4.37. The predicted octanol–water partition coefficient (Wildman–Crippen LogP) is 1.76. The zero-order valence-electron chi connectivity index (χ0n) is 11.7. The molecule has 2 atom stereocenters. The summed E-state index contributed by atoms with van der Waals surface area (Å²) >= 11 is 0. The number of rotatable bonds is 3. The van der Waals surface area contributed by atoms with Crippen molar-refractivity contribution in [3.8, 4) is 0 Å². The highest BCUT2D eigenvalue weighted by molar-refractivity contribution is 5.93. The Hall–Kier alpha value is -1.62. The molecule has 1 saturated heterocycles. The van der Waals surface area contributed by atoms with Crippen molar-refractivity contribution in [1.82, 2.24) is 9.88 Å². The van der Waals surface area contributed by atoms with Crippen molar-refractivity contribution in [2.45, 2.75) is 32.4 Å². The second-order valence-corrected chi connectivity index (χ2v) is 4.82. The van der Waals surface area contributed by atoms with E-state index >= 15 is 0 Å². The van der Waals surface area contributed by atoms with Gasteiger partial charge in [-0.1, -0.05) is 13.0 Å². The molecule has 5 nitrogen and oxygen atoms in total. The average Bonchev–Trinajstić information content (AvgIpc) is 2.46. The quantitative estimate of drug-likeness (QED) is 0.903. The minimum atomic E-state index is -0.0147. The number of hydrogen-bond donors (Lipinski definition) is 1. The first-order valence-corrected chi connectivity index (χ1v) is 6.73. The van der Waals surface area contributed by atoms with Gasteiger partial charge < -0.3 is 15.0 Å². The maximum absolute atomic E-state index is 12.6. The van der Waals surface area contributed by atoms with Gasteiger partial charge in [-0.2, -0.15) is 0 Å². The first-order valence-electron chi connectivity index (χ1n) is 6.73. The van der Waals surface area contributed by atoms with Gasteiger partial charge in [0.1, 0.15) is 11.5 Å². The van der Waals surface area contributed by atoms with Gasteiger partial charge in [0.2, 0.25) is 0 Å². The van der Waals surface area contributed by atoms with Crippen LogP contribution in [-0.4, -0.2) is 48.1 Å². The Morgan fingerprint density at radius 2 is 2.37 bits per heavy atom. The summed E-state index contributed by atoms with van der Waals surface area (Å²) in [6.45, 7) is 5.29. The second kappa shape index (κ2) is 6.02. The Labute approximate surface area is 114 Å². The second-order valence-electron chi connectivity index (χ2n) is 4.82. The standard InChI is InChI=1S/C14H21N3O2/c1-4-11-9-19-10(2)8-17(11)14(18)12-6-5-7-13(15-3)16-12/h5-7,10-11H,4,8-9H2,1-3H3,(H,15,16). The molecule has 0 aromatic carbocycles. The van der Waals surface area contributed by atoms with Crippen LogP contribution in [0.15, 0.2) is 18.2 Å². The number of carbonyl (C=O) groups is 1. The van der Waals surface area contributed by atoms with Crippen molar-refractivity contribution in [1.29, 1.82) is 0 Å². The minimum absolute atomic E-state index is 0.0147. The van der Waals surface area contributed by atoms with Crippen LogP contribution in [-0.2, 0) is 4.74 Å². The van der Waals surface area contributed by atoms with Gasteiger partial charge in [-0.15, -0.1) is 0 Å². The average molecular weight is 263 g/mol. The van der Waals surface area contributed by atoms with Gasteiger partial charge in [0, 0.05) is 13.6 Å². The summed E-state index contributed by atoms with van der Waals surface area (Å²) in [6.07, 6.45) is 0.976. The monoisotopic (exact) mass is 263 g/mol. The van der Waals surface area contributed by atoms with Crippen molar-refractivity contribution in [2.24, 2.45) is 0 Å². The lowest BCUT2D eigenvalue weighted by Gasteiger charge is -2.38. The summed E-state index contributed by atoms with van der Waals surface area (Å²) in [5.74, 6) is 0.694. The molecular weight excluding hydrogens is 242 g/mol. The third kappa shape index (κ3) is 3.04. The van der Waals surface area contributed by atoms with Gasteiger partial charge in [0.05, 0.1) is 18.8 Å². The molecule has 0 bridgehead atoms. The zero-order valence-corrected chi connectivity index (χ0v) is 11.7. The molecule has 0 radical (unpaired) electrons. The molecular formula is C14H21N3O2. The number of nitrogens with one attached hydrogen (secondary N) is 1. The summed E-state index contributed by atoms with van der Waals surface area (Å²) in [7, 11) is 1.79. The lowest BCUT2D eigenvalue weighted by atomic mass is 10.1. The van der Waals surface area contributed by atoms with E-state index in [1.165, 1.54) is 0 Å². The number of morpholine rings is 1. The first kappa shape index (κ1) is 13.8. The summed E-state index contributed by atoms with van der Waals surface area (Å²) in [6, 6.07) is 5.59. The molecule has 104 valence electrons. The van der Waals surface area contributed by atoms with Gasteiger partial charge in [-0.25, -0.2) is 4.98 Å². The Balaban J connectivity index is 2.20. The van der Waals surface area contributed by atoms with Gasteiger partial charge >= 0.3 is 0 Å². The van der Waals surface area contributed by atoms with Crippen molar-refractivity contribution in [3.63, 3.8) is 0 Å². The predicted molar refractivity (Wildman–Crippen MR) is 74.3 cm³/mol. The maximum Gasteiger partial charge on any atom is 0.272 e. The highest BCUT2D eigenvalue weighted by atomic mass is 16.5. The molecule has 5 heteroatoms. The largest absolute Gasteiger partial charge is 0.375 e. The summed E-state index contributed by atoms with van der Waals surface area (Å²) in [5.41, 5.74) is 0.486. The van der Waals surface area contributed by atoms with E-state index in [-0.39, 0.29) is 18.1 Å². The van der Waals surface area contributed by atoms with Crippen LogP contribution < -0.4 is 5.32 Å². The highest BCUT2D eigenvalue weighted by Crippen LogP contribution is 2.17. The molecule has 0 spiro atoms. The number of carbonyl (C=O) groups excluding carboxylic acids is 1. The summed E-state index contributed by atoms with van der Waals surface area (Å²) < 4.78 is 5.62. The molecule has 1 aliphatic heterocycles. The highest BCUT2D eigenvalue weighted by Gasteiger charge is 2.30. The van der Waals surface area contributed by atoms with E-state index < -0.39 is 0 Å². The van der Waals surface area contributed by atoms with E-state index in [1.807, 2.05) is 24.0 Å². The van der Waals surface area contributed by atoms with E-state index in [0.717, 1.165) is 6.42 Å². The van der Waals surface area contributed by atoms with Crippen LogP contribution in [0.2, 0.25) is 0 Å². The Bertz CT molecular complexity index is 450. The number of nitrogens with zero attached hydrogens (tertiary/aromatic N) is 2. The maximum atomic E-state index is 12.6. The molecule has 1 aromatic heterocycles. The van der Waals surface area contributed by atoms with Crippen LogP contribution in [0.25, 0.3) is 0 Å². The molecule has 2 unspecified atom stereocenters. The Morgan fingerprint density at radius 1 is 1.58 bits per heavy atom.